The SMILES string of the molecule is C[C@H](C(=O)NC1CCCCC1)N(Cc1ccccc1)C(=O)COc1ccc(I)cc1. The summed E-state index contributed by atoms with van der Waals surface area (Å²) in [7, 11) is 0. The molecule has 0 saturated heterocycles. The van der Waals surface area contributed by atoms with E-state index in [4.69, 9.17) is 4.74 Å². The van der Waals surface area contributed by atoms with Crippen LogP contribution in [0.15, 0.2) is 54.6 Å². The Hall–Kier alpha value is -2.09. The van der Waals surface area contributed by atoms with Crippen LogP contribution in [-0.2, 0) is 16.1 Å². The average Bonchev–Trinajstić information content (AvgIpc) is 2.78. The van der Waals surface area contributed by atoms with Crippen molar-refractivity contribution in [3.63, 3.8) is 0 Å². The minimum atomic E-state index is -0.569. The Labute approximate surface area is 192 Å². The van der Waals surface area contributed by atoms with E-state index in [1.54, 1.807) is 11.8 Å². The molecule has 0 aliphatic heterocycles. The first kappa shape index (κ1) is 22.6. The number of nitrogens with zero attached hydrogens (tertiary/aromatic N) is 1. The summed E-state index contributed by atoms with van der Waals surface area (Å²) in [5, 5.41) is 3.15. The van der Waals surface area contributed by atoms with Crippen LogP contribution in [0.25, 0.3) is 0 Å². The zero-order valence-corrected chi connectivity index (χ0v) is 19.5. The van der Waals surface area contributed by atoms with E-state index >= 15 is 0 Å². The number of nitrogens with one attached hydrogen (secondary N) is 1. The van der Waals surface area contributed by atoms with Gasteiger partial charge in [0.1, 0.15) is 11.8 Å². The van der Waals surface area contributed by atoms with Crippen molar-refractivity contribution in [1.82, 2.24) is 10.2 Å². The van der Waals surface area contributed by atoms with Gasteiger partial charge in [0.05, 0.1) is 0 Å². The molecule has 2 aromatic rings. The average molecular weight is 520 g/mol. The van der Waals surface area contributed by atoms with Gasteiger partial charge >= 0.3 is 0 Å². The molecule has 2 aromatic carbocycles. The summed E-state index contributed by atoms with van der Waals surface area (Å²) in [5.74, 6) is 0.340. The van der Waals surface area contributed by atoms with Crippen molar-refractivity contribution >= 4 is 34.4 Å². The zero-order chi connectivity index (χ0) is 21.3. The lowest BCUT2D eigenvalue weighted by Crippen LogP contribution is -2.51. The fourth-order valence-corrected chi connectivity index (χ4v) is 4.05. The van der Waals surface area contributed by atoms with Crippen LogP contribution in [0.1, 0.15) is 44.6 Å². The molecule has 160 valence electrons. The third kappa shape index (κ3) is 6.72. The van der Waals surface area contributed by atoms with Gasteiger partial charge in [-0.3, -0.25) is 9.59 Å². The Kier molecular flexibility index (Phi) is 8.54. The van der Waals surface area contributed by atoms with Crippen molar-refractivity contribution in [2.45, 2.75) is 57.7 Å². The number of rotatable bonds is 8. The smallest absolute Gasteiger partial charge is 0.261 e. The molecule has 1 saturated carbocycles. The van der Waals surface area contributed by atoms with Crippen LogP contribution < -0.4 is 10.1 Å². The predicted molar refractivity (Wildman–Crippen MR) is 126 cm³/mol. The Morgan fingerprint density at radius 2 is 1.73 bits per heavy atom. The summed E-state index contributed by atoms with van der Waals surface area (Å²) in [6, 6.07) is 16.9. The molecule has 5 nitrogen and oxygen atoms in total. The molecule has 1 aliphatic rings. The molecule has 2 amide bonds. The maximum atomic E-state index is 13.0. The Morgan fingerprint density at radius 3 is 2.40 bits per heavy atom. The van der Waals surface area contributed by atoms with E-state index in [9.17, 15) is 9.59 Å². The van der Waals surface area contributed by atoms with Crippen molar-refractivity contribution in [1.29, 1.82) is 0 Å². The summed E-state index contributed by atoms with van der Waals surface area (Å²) in [6.45, 7) is 2.06. The van der Waals surface area contributed by atoms with Gasteiger partial charge in [0.2, 0.25) is 5.91 Å². The number of hydrogen-bond acceptors (Lipinski definition) is 3. The quantitative estimate of drug-likeness (QED) is 0.521. The van der Waals surface area contributed by atoms with Gasteiger partial charge in [0, 0.05) is 16.2 Å². The van der Waals surface area contributed by atoms with E-state index < -0.39 is 6.04 Å². The van der Waals surface area contributed by atoms with Gasteiger partial charge in [-0.1, -0.05) is 49.6 Å². The van der Waals surface area contributed by atoms with Gasteiger partial charge in [0.15, 0.2) is 6.61 Å². The predicted octanol–water partition coefficient (Wildman–Crippen LogP) is 4.54. The molecular weight excluding hydrogens is 491 g/mol. The number of ether oxygens (including phenoxy) is 1. The zero-order valence-electron chi connectivity index (χ0n) is 17.4. The maximum Gasteiger partial charge on any atom is 0.261 e. The second-order valence-electron chi connectivity index (χ2n) is 7.77. The fraction of sp³-hybridized carbons (Fsp3) is 0.417. The summed E-state index contributed by atoms with van der Waals surface area (Å²) >= 11 is 2.22. The highest BCUT2D eigenvalue weighted by molar-refractivity contribution is 14.1. The number of carbonyl (C=O) groups excluding carboxylic acids is 2. The van der Waals surface area contributed by atoms with Crippen molar-refractivity contribution in [2.75, 3.05) is 6.61 Å². The van der Waals surface area contributed by atoms with E-state index in [1.165, 1.54) is 6.42 Å². The topological polar surface area (TPSA) is 58.6 Å². The van der Waals surface area contributed by atoms with E-state index in [1.807, 2.05) is 54.6 Å². The number of hydrogen-bond donors (Lipinski definition) is 1. The molecule has 0 spiro atoms. The Bertz CT molecular complexity index is 820. The fourth-order valence-electron chi connectivity index (χ4n) is 3.69. The van der Waals surface area contributed by atoms with Crippen LogP contribution >= 0.6 is 22.6 Å². The first-order chi connectivity index (χ1) is 14.5. The second-order valence-corrected chi connectivity index (χ2v) is 9.01. The first-order valence-electron chi connectivity index (χ1n) is 10.5. The number of benzene rings is 2. The van der Waals surface area contributed by atoms with Crippen molar-refractivity contribution in [2.24, 2.45) is 0 Å². The summed E-state index contributed by atoms with van der Waals surface area (Å²) in [5.41, 5.74) is 0.984. The number of amides is 2. The van der Waals surface area contributed by atoms with Crippen LogP contribution in [-0.4, -0.2) is 35.4 Å². The summed E-state index contributed by atoms with van der Waals surface area (Å²) < 4.78 is 6.80. The van der Waals surface area contributed by atoms with Gasteiger partial charge in [-0.25, -0.2) is 0 Å². The molecule has 6 heteroatoms. The highest BCUT2D eigenvalue weighted by Crippen LogP contribution is 2.19. The molecule has 1 atom stereocenters. The Morgan fingerprint density at radius 1 is 1.07 bits per heavy atom. The number of halogens is 1. The second kappa shape index (κ2) is 11.3. The molecule has 0 unspecified atom stereocenters. The minimum Gasteiger partial charge on any atom is -0.484 e. The number of carbonyl (C=O) groups is 2. The van der Waals surface area contributed by atoms with Crippen LogP contribution in [0.3, 0.4) is 0 Å². The van der Waals surface area contributed by atoms with Crippen LogP contribution in [0, 0.1) is 3.57 Å². The summed E-state index contributed by atoms with van der Waals surface area (Å²) in [4.78, 5) is 27.6. The summed E-state index contributed by atoms with van der Waals surface area (Å²) in [6.07, 6.45) is 5.56. The van der Waals surface area contributed by atoms with E-state index in [0.717, 1.165) is 34.8 Å². The third-order valence-corrected chi connectivity index (χ3v) is 6.21. The maximum absolute atomic E-state index is 13.0. The van der Waals surface area contributed by atoms with Crippen molar-refractivity contribution < 1.29 is 14.3 Å². The van der Waals surface area contributed by atoms with Gasteiger partial charge < -0.3 is 15.0 Å². The third-order valence-electron chi connectivity index (χ3n) is 5.49. The molecule has 0 radical (unpaired) electrons. The molecule has 1 aliphatic carbocycles. The molecular formula is C24H29IN2O3. The largest absolute Gasteiger partial charge is 0.484 e. The minimum absolute atomic E-state index is 0.0968. The van der Waals surface area contributed by atoms with Gasteiger partial charge in [0.25, 0.3) is 5.91 Å². The van der Waals surface area contributed by atoms with Crippen molar-refractivity contribution in [3.05, 3.63) is 63.7 Å². The van der Waals surface area contributed by atoms with Gasteiger partial charge in [-0.2, -0.15) is 0 Å². The first-order valence-corrected chi connectivity index (χ1v) is 11.6. The molecule has 0 bridgehead atoms. The molecule has 30 heavy (non-hydrogen) atoms. The molecule has 0 aromatic heterocycles. The Balaban J connectivity index is 1.67. The van der Waals surface area contributed by atoms with Crippen LogP contribution in [0.4, 0.5) is 0 Å². The van der Waals surface area contributed by atoms with Crippen molar-refractivity contribution in [3.8, 4) is 5.75 Å². The lowest BCUT2D eigenvalue weighted by atomic mass is 9.95. The van der Waals surface area contributed by atoms with Crippen LogP contribution in [0.2, 0.25) is 0 Å². The lowest BCUT2D eigenvalue weighted by Gasteiger charge is -2.31. The monoisotopic (exact) mass is 520 g/mol. The highest BCUT2D eigenvalue weighted by atomic mass is 127. The van der Waals surface area contributed by atoms with Crippen LogP contribution in [0.5, 0.6) is 5.75 Å². The molecule has 0 heterocycles. The van der Waals surface area contributed by atoms with E-state index in [2.05, 4.69) is 27.9 Å². The van der Waals surface area contributed by atoms with Gasteiger partial charge in [-0.05, 0) is 72.2 Å². The normalized spacial score (nSPS) is 15.3. The standard InChI is InChI=1S/C24H29IN2O3/c1-18(24(29)26-21-10-6-3-7-11-21)27(16-19-8-4-2-5-9-19)23(28)17-30-22-14-12-20(25)13-15-22/h2,4-5,8-9,12-15,18,21H,3,6-7,10-11,16-17H2,1H3,(H,26,29)/t18-/m1/s1. The van der Waals surface area contributed by atoms with E-state index in [0.29, 0.717) is 12.3 Å². The molecule has 1 N–H and O–H groups in total. The highest BCUT2D eigenvalue weighted by Gasteiger charge is 2.28. The molecule has 1 fully saturated rings. The lowest BCUT2D eigenvalue weighted by molar-refractivity contribution is -0.142. The van der Waals surface area contributed by atoms with E-state index in [-0.39, 0.29) is 24.5 Å². The molecule has 3 rings (SSSR count). The van der Waals surface area contributed by atoms with Gasteiger partial charge in [-0.15, -0.1) is 0 Å².